The molecule has 2 unspecified atom stereocenters. The molecule has 1 saturated heterocycles. The van der Waals surface area contributed by atoms with Crippen LogP contribution < -0.4 is 10.6 Å². The lowest BCUT2D eigenvalue weighted by atomic mass is 9.92. The molecular weight excluding hydrogens is 292 g/mol. The van der Waals surface area contributed by atoms with Crippen LogP contribution in [0, 0.1) is 11.8 Å². The van der Waals surface area contributed by atoms with Gasteiger partial charge in [-0.25, -0.2) is 0 Å². The molecule has 1 aromatic heterocycles. The summed E-state index contributed by atoms with van der Waals surface area (Å²) in [6.45, 7) is 6.20. The highest BCUT2D eigenvalue weighted by atomic mass is 35.5. The Morgan fingerprint density at radius 3 is 2.75 bits per heavy atom. The Hall–Kier alpha value is -0.580. The molecule has 1 aliphatic rings. The summed E-state index contributed by atoms with van der Waals surface area (Å²) in [5.41, 5.74) is 0. The Labute approximate surface area is 131 Å². The van der Waals surface area contributed by atoms with Crippen molar-refractivity contribution < 1.29 is 4.79 Å². The van der Waals surface area contributed by atoms with Crippen molar-refractivity contribution in [2.75, 3.05) is 13.1 Å². The van der Waals surface area contributed by atoms with Gasteiger partial charge in [-0.1, -0.05) is 32.8 Å². The van der Waals surface area contributed by atoms with E-state index in [-0.39, 0.29) is 30.3 Å². The van der Waals surface area contributed by atoms with Gasteiger partial charge in [0.25, 0.3) is 0 Å². The first kappa shape index (κ1) is 17.5. The van der Waals surface area contributed by atoms with Crippen molar-refractivity contribution in [2.24, 2.45) is 11.8 Å². The molecule has 2 atom stereocenters. The molecule has 1 aliphatic heterocycles. The summed E-state index contributed by atoms with van der Waals surface area (Å²) in [7, 11) is 0. The quantitative estimate of drug-likeness (QED) is 0.845. The van der Waals surface area contributed by atoms with Crippen molar-refractivity contribution in [2.45, 2.75) is 39.2 Å². The Morgan fingerprint density at radius 2 is 2.25 bits per heavy atom. The molecule has 3 nitrogen and oxygen atoms in total. The second-order valence-electron chi connectivity index (χ2n) is 5.27. The zero-order valence-electron chi connectivity index (χ0n) is 12.2. The molecule has 0 aliphatic carbocycles. The number of amides is 1. The monoisotopic (exact) mass is 316 g/mol. The van der Waals surface area contributed by atoms with Crippen LogP contribution in [0.5, 0.6) is 0 Å². The summed E-state index contributed by atoms with van der Waals surface area (Å²) in [6, 6.07) is 4.39. The van der Waals surface area contributed by atoms with Crippen LogP contribution in [-0.2, 0) is 4.79 Å². The van der Waals surface area contributed by atoms with E-state index in [1.807, 2.05) is 0 Å². The van der Waals surface area contributed by atoms with Crippen molar-refractivity contribution in [1.82, 2.24) is 10.6 Å². The van der Waals surface area contributed by atoms with Gasteiger partial charge in [-0.3, -0.25) is 4.79 Å². The fraction of sp³-hybridized carbons (Fsp3) is 0.667. The molecule has 114 valence electrons. The third-order valence-corrected chi connectivity index (χ3v) is 5.05. The zero-order valence-corrected chi connectivity index (χ0v) is 13.9. The number of nitrogens with one attached hydrogen (secondary N) is 2. The Morgan fingerprint density at radius 1 is 1.50 bits per heavy atom. The van der Waals surface area contributed by atoms with E-state index >= 15 is 0 Å². The highest BCUT2D eigenvalue weighted by molar-refractivity contribution is 7.10. The van der Waals surface area contributed by atoms with Crippen LogP contribution in [0.4, 0.5) is 0 Å². The summed E-state index contributed by atoms with van der Waals surface area (Å²) in [4.78, 5) is 13.6. The van der Waals surface area contributed by atoms with Gasteiger partial charge in [0, 0.05) is 11.4 Å². The molecule has 2 heterocycles. The van der Waals surface area contributed by atoms with Crippen LogP contribution in [0.25, 0.3) is 0 Å². The van der Waals surface area contributed by atoms with Crippen molar-refractivity contribution in [3.05, 3.63) is 22.4 Å². The molecule has 1 fully saturated rings. The number of carbonyl (C=O) groups excluding carboxylic acids is 1. The summed E-state index contributed by atoms with van der Waals surface area (Å²) < 4.78 is 0. The molecule has 0 saturated carbocycles. The third kappa shape index (κ3) is 4.21. The van der Waals surface area contributed by atoms with E-state index in [4.69, 9.17) is 0 Å². The van der Waals surface area contributed by atoms with Crippen LogP contribution in [0.1, 0.15) is 44.0 Å². The Balaban J connectivity index is 0.00000200. The number of halogens is 1. The van der Waals surface area contributed by atoms with E-state index in [2.05, 4.69) is 42.0 Å². The van der Waals surface area contributed by atoms with Crippen LogP contribution in [-0.4, -0.2) is 19.0 Å². The normalized spacial score (nSPS) is 19.6. The van der Waals surface area contributed by atoms with Crippen LogP contribution >= 0.6 is 23.7 Å². The molecule has 1 aromatic rings. The molecule has 0 radical (unpaired) electrons. The Kier molecular flexibility index (Phi) is 7.56. The first-order valence-corrected chi connectivity index (χ1v) is 8.18. The fourth-order valence-corrected chi connectivity index (χ4v) is 3.67. The first-order valence-electron chi connectivity index (χ1n) is 7.30. The molecule has 20 heavy (non-hydrogen) atoms. The van der Waals surface area contributed by atoms with E-state index in [1.165, 1.54) is 4.88 Å². The average Bonchev–Trinajstić information content (AvgIpc) is 3.12. The van der Waals surface area contributed by atoms with Gasteiger partial charge in [-0.15, -0.1) is 23.7 Å². The maximum Gasteiger partial charge on any atom is 0.224 e. The standard InChI is InChI=1S/C15H24N2OS.ClH/c1-3-11(4-2)14(13-6-5-9-19-13)17-15(18)12-7-8-16-10-12;/h5-6,9,11-12,14,16H,3-4,7-8,10H2,1-2H3,(H,17,18);1H. The van der Waals surface area contributed by atoms with Crippen LogP contribution in [0.2, 0.25) is 0 Å². The number of rotatable bonds is 6. The summed E-state index contributed by atoms with van der Waals surface area (Å²) in [6.07, 6.45) is 3.16. The minimum atomic E-state index is 0. The lowest BCUT2D eigenvalue weighted by Gasteiger charge is -2.26. The van der Waals surface area contributed by atoms with E-state index in [0.29, 0.717) is 5.92 Å². The van der Waals surface area contributed by atoms with Crippen LogP contribution in [0.15, 0.2) is 17.5 Å². The van der Waals surface area contributed by atoms with E-state index in [1.54, 1.807) is 11.3 Å². The third-order valence-electron chi connectivity index (χ3n) is 4.10. The molecular formula is C15H25ClN2OS. The van der Waals surface area contributed by atoms with Crippen molar-refractivity contribution >= 4 is 29.7 Å². The van der Waals surface area contributed by atoms with Crippen molar-refractivity contribution in [1.29, 1.82) is 0 Å². The van der Waals surface area contributed by atoms with E-state index < -0.39 is 0 Å². The van der Waals surface area contributed by atoms with Crippen LogP contribution in [0.3, 0.4) is 0 Å². The second-order valence-corrected chi connectivity index (χ2v) is 6.25. The van der Waals surface area contributed by atoms with Crippen molar-refractivity contribution in [3.63, 3.8) is 0 Å². The predicted octanol–water partition coefficient (Wildman–Crippen LogP) is 3.37. The molecule has 0 bridgehead atoms. The Bertz CT molecular complexity index is 387. The molecule has 5 heteroatoms. The van der Waals surface area contributed by atoms with Gasteiger partial charge >= 0.3 is 0 Å². The number of hydrogen-bond donors (Lipinski definition) is 2. The number of carbonyl (C=O) groups is 1. The van der Waals surface area contributed by atoms with Gasteiger partial charge in [0.15, 0.2) is 0 Å². The van der Waals surface area contributed by atoms with Crippen molar-refractivity contribution in [3.8, 4) is 0 Å². The topological polar surface area (TPSA) is 41.1 Å². The van der Waals surface area contributed by atoms with Gasteiger partial charge in [0.1, 0.15) is 0 Å². The number of thiophene rings is 1. The predicted molar refractivity (Wildman–Crippen MR) is 87.5 cm³/mol. The maximum absolute atomic E-state index is 12.3. The minimum Gasteiger partial charge on any atom is -0.348 e. The maximum atomic E-state index is 12.3. The summed E-state index contributed by atoms with van der Waals surface area (Å²) in [5, 5.41) is 8.65. The van der Waals surface area contributed by atoms with E-state index in [9.17, 15) is 4.79 Å². The zero-order chi connectivity index (χ0) is 13.7. The molecule has 0 spiro atoms. The van der Waals surface area contributed by atoms with E-state index in [0.717, 1.165) is 32.4 Å². The minimum absolute atomic E-state index is 0. The highest BCUT2D eigenvalue weighted by Gasteiger charge is 2.28. The van der Waals surface area contributed by atoms with Gasteiger partial charge in [0.2, 0.25) is 5.91 Å². The van der Waals surface area contributed by atoms with Gasteiger partial charge in [-0.05, 0) is 30.3 Å². The first-order chi connectivity index (χ1) is 9.26. The fourth-order valence-electron chi connectivity index (χ4n) is 2.80. The molecule has 2 N–H and O–H groups in total. The molecule has 1 amide bonds. The van der Waals surface area contributed by atoms with Gasteiger partial charge in [0.05, 0.1) is 12.0 Å². The van der Waals surface area contributed by atoms with Gasteiger partial charge < -0.3 is 10.6 Å². The average molecular weight is 317 g/mol. The SMILES string of the molecule is CCC(CC)C(NC(=O)C1CCNC1)c1cccs1.Cl. The summed E-state index contributed by atoms with van der Waals surface area (Å²) in [5.74, 6) is 0.893. The smallest absolute Gasteiger partial charge is 0.224 e. The van der Waals surface area contributed by atoms with Gasteiger partial charge in [-0.2, -0.15) is 0 Å². The largest absolute Gasteiger partial charge is 0.348 e. The lowest BCUT2D eigenvalue weighted by Crippen LogP contribution is -2.37. The highest BCUT2D eigenvalue weighted by Crippen LogP contribution is 2.30. The second kappa shape index (κ2) is 8.65. The number of hydrogen-bond acceptors (Lipinski definition) is 3. The molecule has 2 rings (SSSR count). The lowest BCUT2D eigenvalue weighted by molar-refractivity contribution is -0.125. The summed E-state index contributed by atoms with van der Waals surface area (Å²) >= 11 is 1.74. The molecule has 0 aromatic carbocycles.